The van der Waals surface area contributed by atoms with E-state index in [2.05, 4.69) is 13.0 Å². The highest BCUT2D eigenvalue weighted by Gasteiger charge is 2.40. The SMILES string of the molecule is CCC1CCCCC1(O)C1=CCCCCCC1. The van der Waals surface area contributed by atoms with E-state index in [9.17, 15) is 5.11 Å². The zero-order chi connectivity index (χ0) is 12.1. The average molecular weight is 236 g/mol. The van der Waals surface area contributed by atoms with Gasteiger partial charge in [0.15, 0.2) is 0 Å². The van der Waals surface area contributed by atoms with Crippen molar-refractivity contribution >= 4 is 0 Å². The molecule has 0 spiro atoms. The Labute approximate surface area is 106 Å². The van der Waals surface area contributed by atoms with Gasteiger partial charge in [-0.25, -0.2) is 0 Å². The molecule has 2 aliphatic carbocycles. The third-order valence-electron chi connectivity index (χ3n) is 4.88. The minimum Gasteiger partial charge on any atom is -0.385 e. The fourth-order valence-corrected chi connectivity index (χ4v) is 3.78. The molecule has 2 atom stereocenters. The van der Waals surface area contributed by atoms with Crippen molar-refractivity contribution in [3.8, 4) is 0 Å². The van der Waals surface area contributed by atoms with E-state index in [0.717, 1.165) is 19.3 Å². The van der Waals surface area contributed by atoms with Crippen molar-refractivity contribution in [1.29, 1.82) is 0 Å². The molecule has 2 rings (SSSR count). The highest BCUT2D eigenvalue weighted by Crippen LogP contribution is 2.43. The summed E-state index contributed by atoms with van der Waals surface area (Å²) in [5.41, 5.74) is 0.952. The normalized spacial score (nSPS) is 35.9. The summed E-state index contributed by atoms with van der Waals surface area (Å²) in [6, 6.07) is 0. The van der Waals surface area contributed by atoms with Crippen molar-refractivity contribution in [1.82, 2.24) is 0 Å². The van der Waals surface area contributed by atoms with Crippen LogP contribution in [0.15, 0.2) is 11.6 Å². The molecule has 1 N–H and O–H groups in total. The summed E-state index contributed by atoms with van der Waals surface area (Å²) in [5.74, 6) is 0.516. The third kappa shape index (κ3) is 2.93. The van der Waals surface area contributed by atoms with Crippen molar-refractivity contribution in [3.63, 3.8) is 0 Å². The van der Waals surface area contributed by atoms with Gasteiger partial charge in [0.05, 0.1) is 5.60 Å². The standard InChI is InChI=1S/C16H28O/c1-2-14-10-8-9-13-16(14,17)15-11-6-4-3-5-7-12-15/h11,14,17H,2-10,12-13H2,1H3. The lowest BCUT2D eigenvalue weighted by molar-refractivity contribution is -0.0201. The Hall–Kier alpha value is -0.300. The van der Waals surface area contributed by atoms with E-state index in [1.807, 2.05) is 0 Å². The summed E-state index contributed by atoms with van der Waals surface area (Å²) in [4.78, 5) is 0. The first kappa shape index (κ1) is 13.1. The predicted octanol–water partition coefficient (Wildman–Crippen LogP) is 4.60. The predicted molar refractivity (Wildman–Crippen MR) is 73.0 cm³/mol. The van der Waals surface area contributed by atoms with Gasteiger partial charge in [-0.05, 0) is 50.0 Å². The van der Waals surface area contributed by atoms with Crippen molar-refractivity contribution in [2.75, 3.05) is 0 Å². The summed E-state index contributed by atoms with van der Waals surface area (Å²) < 4.78 is 0. The lowest BCUT2D eigenvalue weighted by Gasteiger charge is -2.42. The van der Waals surface area contributed by atoms with Crippen LogP contribution in [0.25, 0.3) is 0 Å². The van der Waals surface area contributed by atoms with E-state index in [4.69, 9.17) is 0 Å². The van der Waals surface area contributed by atoms with Crippen LogP contribution in [0.2, 0.25) is 0 Å². The second-order valence-corrected chi connectivity index (χ2v) is 5.96. The van der Waals surface area contributed by atoms with E-state index in [1.165, 1.54) is 56.9 Å². The minimum atomic E-state index is -0.440. The van der Waals surface area contributed by atoms with E-state index >= 15 is 0 Å². The van der Waals surface area contributed by atoms with Gasteiger partial charge >= 0.3 is 0 Å². The molecular formula is C16H28O. The van der Waals surface area contributed by atoms with E-state index in [0.29, 0.717) is 5.92 Å². The molecule has 2 unspecified atom stereocenters. The Balaban J connectivity index is 2.15. The fraction of sp³-hybridized carbons (Fsp3) is 0.875. The van der Waals surface area contributed by atoms with Crippen molar-refractivity contribution in [3.05, 3.63) is 11.6 Å². The Morgan fingerprint density at radius 2 is 2.00 bits per heavy atom. The number of aliphatic hydroxyl groups is 1. The molecule has 0 saturated heterocycles. The maximum atomic E-state index is 11.1. The molecule has 17 heavy (non-hydrogen) atoms. The maximum Gasteiger partial charge on any atom is 0.0884 e. The first-order chi connectivity index (χ1) is 8.27. The van der Waals surface area contributed by atoms with Crippen LogP contribution in [0.4, 0.5) is 0 Å². The van der Waals surface area contributed by atoms with E-state index in [-0.39, 0.29) is 0 Å². The van der Waals surface area contributed by atoms with Crippen molar-refractivity contribution in [2.45, 2.75) is 83.2 Å². The van der Waals surface area contributed by atoms with Gasteiger partial charge in [0.2, 0.25) is 0 Å². The van der Waals surface area contributed by atoms with Crippen LogP contribution in [-0.4, -0.2) is 10.7 Å². The van der Waals surface area contributed by atoms with Crippen LogP contribution in [0.1, 0.15) is 77.6 Å². The zero-order valence-corrected chi connectivity index (χ0v) is 11.4. The van der Waals surface area contributed by atoms with Gasteiger partial charge in [0.1, 0.15) is 0 Å². The number of hydrogen-bond donors (Lipinski definition) is 1. The fourth-order valence-electron chi connectivity index (χ4n) is 3.78. The monoisotopic (exact) mass is 236 g/mol. The van der Waals surface area contributed by atoms with Crippen LogP contribution in [0, 0.1) is 5.92 Å². The molecular weight excluding hydrogens is 208 g/mol. The number of hydrogen-bond acceptors (Lipinski definition) is 1. The van der Waals surface area contributed by atoms with Gasteiger partial charge in [0, 0.05) is 0 Å². The van der Waals surface area contributed by atoms with Gasteiger partial charge in [-0.15, -0.1) is 0 Å². The van der Waals surface area contributed by atoms with Gasteiger partial charge in [-0.1, -0.05) is 45.1 Å². The molecule has 1 saturated carbocycles. The lowest BCUT2D eigenvalue weighted by Crippen LogP contribution is -2.42. The molecule has 0 radical (unpaired) electrons. The highest BCUT2D eigenvalue weighted by molar-refractivity contribution is 5.20. The molecule has 98 valence electrons. The number of rotatable bonds is 2. The summed E-state index contributed by atoms with van der Waals surface area (Å²) in [7, 11) is 0. The minimum absolute atomic E-state index is 0.440. The van der Waals surface area contributed by atoms with Gasteiger partial charge in [-0.2, -0.15) is 0 Å². The van der Waals surface area contributed by atoms with Crippen LogP contribution < -0.4 is 0 Å². The Bertz CT molecular complexity index is 269. The molecule has 0 aromatic rings. The van der Waals surface area contributed by atoms with Crippen molar-refractivity contribution < 1.29 is 5.11 Å². The molecule has 0 amide bonds. The average Bonchev–Trinajstić information content (AvgIpc) is 2.28. The molecule has 0 aromatic carbocycles. The maximum absolute atomic E-state index is 11.1. The molecule has 0 aliphatic heterocycles. The van der Waals surface area contributed by atoms with Gasteiger partial charge in [0.25, 0.3) is 0 Å². The quantitative estimate of drug-likeness (QED) is 0.695. The summed E-state index contributed by atoms with van der Waals surface area (Å²) in [6.07, 6.45) is 15.9. The highest BCUT2D eigenvalue weighted by atomic mass is 16.3. The Morgan fingerprint density at radius 3 is 2.82 bits per heavy atom. The second-order valence-electron chi connectivity index (χ2n) is 5.96. The lowest BCUT2D eigenvalue weighted by atomic mass is 9.68. The Morgan fingerprint density at radius 1 is 1.18 bits per heavy atom. The molecule has 0 heterocycles. The van der Waals surface area contributed by atoms with E-state index in [1.54, 1.807) is 0 Å². The first-order valence-corrected chi connectivity index (χ1v) is 7.69. The van der Waals surface area contributed by atoms with Crippen LogP contribution in [0.3, 0.4) is 0 Å². The van der Waals surface area contributed by atoms with E-state index < -0.39 is 5.60 Å². The second kappa shape index (κ2) is 6.04. The Kier molecular flexibility index (Phi) is 4.67. The van der Waals surface area contributed by atoms with Gasteiger partial charge < -0.3 is 5.11 Å². The van der Waals surface area contributed by atoms with Gasteiger partial charge in [-0.3, -0.25) is 0 Å². The third-order valence-corrected chi connectivity index (χ3v) is 4.88. The first-order valence-electron chi connectivity index (χ1n) is 7.69. The number of allylic oxidation sites excluding steroid dienone is 1. The van der Waals surface area contributed by atoms with Crippen LogP contribution in [-0.2, 0) is 0 Å². The molecule has 1 nitrogen and oxygen atoms in total. The molecule has 0 bridgehead atoms. The van der Waals surface area contributed by atoms with Crippen LogP contribution >= 0.6 is 0 Å². The molecule has 0 aromatic heterocycles. The largest absolute Gasteiger partial charge is 0.385 e. The van der Waals surface area contributed by atoms with Crippen LogP contribution in [0.5, 0.6) is 0 Å². The summed E-state index contributed by atoms with van der Waals surface area (Å²) in [6.45, 7) is 2.24. The van der Waals surface area contributed by atoms with Crippen molar-refractivity contribution in [2.24, 2.45) is 5.92 Å². The summed E-state index contributed by atoms with van der Waals surface area (Å²) in [5, 5.41) is 11.1. The molecule has 1 fully saturated rings. The molecule has 1 heteroatoms. The summed E-state index contributed by atoms with van der Waals surface area (Å²) >= 11 is 0. The topological polar surface area (TPSA) is 20.2 Å². The molecule has 2 aliphatic rings. The zero-order valence-electron chi connectivity index (χ0n) is 11.4. The smallest absolute Gasteiger partial charge is 0.0884 e.